The Kier molecular flexibility index (Phi) is 7.83. The zero-order valence-electron chi connectivity index (χ0n) is 23.9. The van der Waals surface area contributed by atoms with Crippen LogP contribution < -0.4 is 5.32 Å². The van der Waals surface area contributed by atoms with Gasteiger partial charge in [-0.05, 0) is 36.1 Å². The number of nitrogens with zero attached hydrogens (tertiary/aromatic N) is 2. The van der Waals surface area contributed by atoms with Crippen LogP contribution in [0.4, 0.5) is 0 Å². The molecule has 42 heavy (non-hydrogen) atoms. The van der Waals surface area contributed by atoms with Crippen LogP contribution >= 0.6 is 0 Å². The number of nitrogens with one attached hydrogen (secondary N) is 1. The third kappa shape index (κ3) is 5.30. The first-order valence-electron chi connectivity index (χ1n) is 14.7. The van der Waals surface area contributed by atoms with Crippen LogP contribution in [0.5, 0.6) is 0 Å². The van der Waals surface area contributed by atoms with Gasteiger partial charge in [0.2, 0.25) is 5.91 Å². The summed E-state index contributed by atoms with van der Waals surface area (Å²) in [7, 11) is 1.80. The molecule has 0 bridgehead atoms. The van der Waals surface area contributed by atoms with Gasteiger partial charge in [0.05, 0.1) is 22.8 Å². The van der Waals surface area contributed by atoms with Crippen molar-refractivity contribution >= 4 is 22.7 Å². The number of likely N-dealkylation sites (N-methyl/N-ethyl adjacent to an activating group) is 1. The topological polar surface area (TPSA) is 62.3 Å². The van der Waals surface area contributed by atoms with Gasteiger partial charge in [0.25, 0.3) is 5.91 Å². The van der Waals surface area contributed by atoms with Crippen LogP contribution in [0.1, 0.15) is 59.6 Å². The molecule has 1 N–H and O–H groups in total. The molecule has 1 aromatic heterocycles. The molecular formula is C37H35N3O2. The molecule has 0 aliphatic heterocycles. The Labute approximate surface area is 247 Å². The van der Waals surface area contributed by atoms with Gasteiger partial charge in [0, 0.05) is 18.0 Å². The van der Waals surface area contributed by atoms with Gasteiger partial charge in [-0.1, -0.05) is 128 Å². The van der Waals surface area contributed by atoms with Crippen molar-refractivity contribution in [3.05, 3.63) is 138 Å². The van der Waals surface area contributed by atoms with Crippen LogP contribution in [0.25, 0.3) is 22.2 Å². The number of hydrogen-bond acceptors (Lipinski definition) is 3. The van der Waals surface area contributed by atoms with Crippen LogP contribution in [-0.4, -0.2) is 34.3 Å². The van der Waals surface area contributed by atoms with E-state index < -0.39 is 5.54 Å². The quantitative estimate of drug-likeness (QED) is 0.226. The fourth-order valence-corrected chi connectivity index (χ4v) is 6.25. The molecule has 0 saturated heterocycles. The highest BCUT2D eigenvalue weighted by Gasteiger charge is 2.46. The van der Waals surface area contributed by atoms with Crippen LogP contribution in [0, 0.1) is 0 Å². The number of benzene rings is 4. The van der Waals surface area contributed by atoms with Crippen molar-refractivity contribution in [1.29, 1.82) is 0 Å². The van der Waals surface area contributed by atoms with Crippen molar-refractivity contribution in [3.8, 4) is 11.3 Å². The fourth-order valence-electron chi connectivity index (χ4n) is 6.25. The second-order valence-corrected chi connectivity index (χ2v) is 11.1. The normalized spacial score (nSPS) is 14.4. The van der Waals surface area contributed by atoms with Crippen LogP contribution in [0.2, 0.25) is 0 Å². The average Bonchev–Trinajstić information content (AvgIpc) is 3.07. The van der Waals surface area contributed by atoms with Crippen molar-refractivity contribution in [1.82, 2.24) is 15.2 Å². The number of amides is 2. The lowest BCUT2D eigenvalue weighted by molar-refractivity contribution is -0.134. The maximum Gasteiger partial charge on any atom is 0.255 e. The summed E-state index contributed by atoms with van der Waals surface area (Å²) in [4.78, 5) is 35.6. The minimum atomic E-state index is -0.964. The number of hydrogen-bond donors (Lipinski definition) is 1. The maximum absolute atomic E-state index is 14.5. The SMILES string of the molecule is CN(C(=O)c1cc(-c2ccccc2)nc2ccccc12)C1(C(=O)NC(c2ccccc2)c2ccccc2)CCCCC1. The largest absolute Gasteiger partial charge is 0.343 e. The number of fused-ring (bicyclic) bond motifs is 1. The lowest BCUT2D eigenvalue weighted by atomic mass is 9.78. The lowest BCUT2D eigenvalue weighted by Gasteiger charge is -2.44. The van der Waals surface area contributed by atoms with E-state index >= 15 is 0 Å². The van der Waals surface area contributed by atoms with Gasteiger partial charge >= 0.3 is 0 Å². The highest BCUT2D eigenvalue weighted by molar-refractivity contribution is 6.09. The first kappa shape index (κ1) is 27.4. The van der Waals surface area contributed by atoms with Gasteiger partial charge in [-0.3, -0.25) is 9.59 Å². The molecule has 1 fully saturated rings. The summed E-state index contributed by atoms with van der Waals surface area (Å²) in [5.74, 6) is -0.281. The Morgan fingerprint density at radius 1 is 0.738 bits per heavy atom. The fraction of sp³-hybridized carbons (Fsp3) is 0.216. The van der Waals surface area contributed by atoms with E-state index in [0.29, 0.717) is 18.4 Å². The minimum absolute atomic E-state index is 0.114. The predicted molar refractivity (Wildman–Crippen MR) is 168 cm³/mol. The summed E-state index contributed by atoms with van der Waals surface area (Å²) in [6.45, 7) is 0. The number of pyridine rings is 1. The van der Waals surface area contributed by atoms with Gasteiger partial charge in [-0.25, -0.2) is 4.98 Å². The maximum atomic E-state index is 14.5. The first-order valence-corrected chi connectivity index (χ1v) is 14.7. The molecule has 1 heterocycles. The summed E-state index contributed by atoms with van der Waals surface area (Å²) < 4.78 is 0. The van der Waals surface area contributed by atoms with Gasteiger partial charge in [-0.15, -0.1) is 0 Å². The standard InChI is InChI=1S/C37H35N3O2/c1-40(35(41)31-26-33(27-16-6-2-7-17-27)38-32-23-13-12-22-30(31)32)37(24-14-5-15-25-37)36(42)39-34(28-18-8-3-9-19-28)29-20-10-4-11-21-29/h2-4,6-13,16-23,26,34H,5,14-15,24-25H2,1H3,(H,39,42). The molecule has 0 radical (unpaired) electrons. The Hall–Kier alpha value is -4.77. The number of para-hydroxylation sites is 1. The van der Waals surface area contributed by atoms with Crippen LogP contribution in [0.3, 0.4) is 0 Å². The molecule has 0 unspecified atom stereocenters. The average molecular weight is 554 g/mol. The second-order valence-electron chi connectivity index (χ2n) is 11.1. The summed E-state index contributed by atoms with van der Waals surface area (Å²) in [6, 6.07) is 39.2. The zero-order chi connectivity index (χ0) is 28.9. The summed E-state index contributed by atoms with van der Waals surface area (Å²) in [5, 5.41) is 4.16. The van der Waals surface area contributed by atoms with E-state index in [2.05, 4.69) is 5.32 Å². The predicted octanol–water partition coefficient (Wildman–Crippen LogP) is 7.58. The molecule has 0 spiro atoms. The smallest absolute Gasteiger partial charge is 0.255 e. The molecule has 4 aromatic carbocycles. The molecule has 1 aliphatic rings. The number of rotatable bonds is 7. The minimum Gasteiger partial charge on any atom is -0.343 e. The number of carbonyl (C=O) groups is 2. The summed E-state index contributed by atoms with van der Waals surface area (Å²) in [5.41, 5.74) is 4.04. The summed E-state index contributed by atoms with van der Waals surface area (Å²) >= 11 is 0. The Morgan fingerprint density at radius 2 is 1.29 bits per heavy atom. The third-order valence-electron chi connectivity index (χ3n) is 8.61. The van der Waals surface area contributed by atoms with Gasteiger partial charge in [0.1, 0.15) is 5.54 Å². The molecule has 5 aromatic rings. The van der Waals surface area contributed by atoms with E-state index in [9.17, 15) is 9.59 Å². The first-order chi connectivity index (χ1) is 20.6. The molecular weight excluding hydrogens is 518 g/mol. The van der Waals surface area contributed by atoms with E-state index in [0.717, 1.165) is 52.5 Å². The molecule has 6 rings (SSSR count). The van der Waals surface area contributed by atoms with Crippen LogP contribution in [-0.2, 0) is 4.79 Å². The van der Waals surface area contributed by atoms with Crippen molar-refractivity contribution in [3.63, 3.8) is 0 Å². The molecule has 210 valence electrons. The Morgan fingerprint density at radius 3 is 1.90 bits per heavy atom. The monoisotopic (exact) mass is 553 g/mol. The molecule has 1 aliphatic carbocycles. The molecule has 1 saturated carbocycles. The molecule has 5 nitrogen and oxygen atoms in total. The van der Waals surface area contributed by atoms with E-state index in [1.54, 1.807) is 11.9 Å². The van der Waals surface area contributed by atoms with E-state index in [4.69, 9.17) is 4.98 Å². The van der Waals surface area contributed by atoms with E-state index in [1.165, 1.54) is 0 Å². The Balaban J connectivity index is 1.39. The zero-order valence-corrected chi connectivity index (χ0v) is 23.9. The van der Waals surface area contributed by atoms with Crippen molar-refractivity contribution in [2.24, 2.45) is 0 Å². The molecule has 2 amide bonds. The third-order valence-corrected chi connectivity index (χ3v) is 8.61. The molecule has 0 atom stereocenters. The van der Waals surface area contributed by atoms with Crippen molar-refractivity contribution in [2.75, 3.05) is 7.05 Å². The summed E-state index contributed by atoms with van der Waals surface area (Å²) in [6.07, 6.45) is 4.06. The van der Waals surface area contributed by atoms with E-state index in [1.807, 2.05) is 121 Å². The highest BCUT2D eigenvalue weighted by Crippen LogP contribution is 2.37. The molecule has 5 heteroatoms. The van der Waals surface area contributed by atoms with Gasteiger partial charge in [0.15, 0.2) is 0 Å². The van der Waals surface area contributed by atoms with Crippen molar-refractivity contribution in [2.45, 2.75) is 43.7 Å². The highest BCUT2D eigenvalue weighted by atomic mass is 16.2. The second kappa shape index (κ2) is 12.0. The number of aromatic nitrogens is 1. The van der Waals surface area contributed by atoms with Crippen molar-refractivity contribution < 1.29 is 9.59 Å². The van der Waals surface area contributed by atoms with Gasteiger partial charge < -0.3 is 10.2 Å². The van der Waals surface area contributed by atoms with Gasteiger partial charge in [-0.2, -0.15) is 0 Å². The van der Waals surface area contributed by atoms with E-state index in [-0.39, 0.29) is 17.9 Å². The Bertz CT molecular complexity index is 1640. The van der Waals surface area contributed by atoms with Crippen LogP contribution in [0.15, 0.2) is 121 Å². The lowest BCUT2D eigenvalue weighted by Crippen LogP contribution is -2.60. The number of carbonyl (C=O) groups excluding carboxylic acids is 2.